The zero-order valence-electron chi connectivity index (χ0n) is 16.4. The van der Waals surface area contributed by atoms with Gasteiger partial charge in [0.25, 0.3) is 0 Å². The molecule has 7 heteroatoms. The lowest BCUT2D eigenvalue weighted by Gasteiger charge is -2.41. The minimum Gasteiger partial charge on any atom is -0.378 e. The highest BCUT2D eigenvalue weighted by Crippen LogP contribution is 2.42. The molecule has 7 nitrogen and oxygen atoms in total. The first kappa shape index (κ1) is 20.1. The molecule has 0 unspecified atom stereocenters. The van der Waals surface area contributed by atoms with Gasteiger partial charge in [0.05, 0.1) is 24.7 Å². The fourth-order valence-corrected chi connectivity index (χ4v) is 4.67. The van der Waals surface area contributed by atoms with Crippen LogP contribution in [0.4, 0.5) is 0 Å². The molecule has 2 heterocycles. The van der Waals surface area contributed by atoms with Crippen molar-refractivity contribution < 1.29 is 14.3 Å². The maximum Gasteiger partial charge on any atom is 0.228 e. The normalized spacial score (nSPS) is 29.0. The number of rotatable bonds is 5. The number of ether oxygens (including phenoxy) is 1. The summed E-state index contributed by atoms with van der Waals surface area (Å²) in [5.74, 6) is 0.0692. The molecule has 0 aromatic heterocycles. The number of nitrogens with zero attached hydrogens (tertiary/aromatic N) is 2. The van der Waals surface area contributed by atoms with E-state index in [2.05, 4.69) is 16.7 Å². The lowest BCUT2D eigenvalue weighted by Crippen LogP contribution is -2.56. The first-order chi connectivity index (χ1) is 13.0. The summed E-state index contributed by atoms with van der Waals surface area (Å²) in [7, 11) is 0. The van der Waals surface area contributed by atoms with Gasteiger partial charge >= 0.3 is 0 Å². The fourth-order valence-electron chi connectivity index (χ4n) is 4.67. The Balaban J connectivity index is 1.77. The van der Waals surface area contributed by atoms with E-state index in [9.17, 15) is 14.9 Å². The zero-order valence-corrected chi connectivity index (χ0v) is 16.4. The second-order valence-corrected chi connectivity index (χ2v) is 8.50. The highest BCUT2D eigenvalue weighted by atomic mass is 16.5. The van der Waals surface area contributed by atoms with E-state index >= 15 is 0 Å². The summed E-state index contributed by atoms with van der Waals surface area (Å²) >= 11 is 0. The van der Waals surface area contributed by atoms with Gasteiger partial charge in [-0.05, 0) is 38.6 Å². The molecule has 3 fully saturated rings. The number of morpholine rings is 1. The first-order valence-corrected chi connectivity index (χ1v) is 10.3. The lowest BCUT2D eigenvalue weighted by atomic mass is 9.67. The van der Waals surface area contributed by atoms with Crippen molar-refractivity contribution in [2.24, 2.45) is 11.3 Å². The van der Waals surface area contributed by atoms with E-state index in [1.54, 1.807) is 0 Å². The van der Waals surface area contributed by atoms with Crippen LogP contribution in [0.25, 0.3) is 0 Å². The molecule has 1 aliphatic carbocycles. The largest absolute Gasteiger partial charge is 0.378 e. The molecule has 0 aromatic carbocycles. The number of nitriles is 1. The van der Waals surface area contributed by atoms with Crippen LogP contribution in [-0.2, 0) is 14.3 Å². The van der Waals surface area contributed by atoms with Gasteiger partial charge in [-0.3, -0.25) is 9.59 Å². The lowest BCUT2D eigenvalue weighted by molar-refractivity contribution is -0.147. The van der Waals surface area contributed by atoms with Crippen molar-refractivity contribution in [3.8, 4) is 6.07 Å². The minimum absolute atomic E-state index is 0.0251. The van der Waals surface area contributed by atoms with Crippen LogP contribution in [0.5, 0.6) is 0 Å². The van der Waals surface area contributed by atoms with Gasteiger partial charge in [-0.1, -0.05) is 19.3 Å². The van der Waals surface area contributed by atoms with E-state index in [4.69, 9.17) is 4.74 Å². The van der Waals surface area contributed by atoms with Crippen molar-refractivity contribution in [1.82, 2.24) is 15.5 Å². The Labute approximate surface area is 161 Å². The van der Waals surface area contributed by atoms with Gasteiger partial charge in [0.2, 0.25) is 11.8 Å². The van der Waals surface area contributed by atoms with Crippen molar-refractivity contribution in [2.75, 3.05) is 39.4 Å². The fraction of sp³-hybridized carbons (Fsp3) is 0.850. The topological polar surface area (TPSA) is 94.5 Å². The molecule has 2 amide bonds. The van der Waals surface area contributed by atoms with Crippen molar-refractivity contribution >= 4 is 11.8 Å². The number of hydrogen-bond acceptors (Lipinski definition) is 5. The van der Waals surface area contributed by atoms with Crippen molar-refractivity contribution in [2.45, 2.75) is 57.4 Å². The summed E-state index contributed by atoms with van der Waals surface area (Å²) in [6.07, 6.45) is 6.15. The predicted octanol–water partition coefficient (Wildman–Crippen LogP) is 1.19. The zero-order chi connectivity index (χ0) is 19.3. The summed E-state index contributed by atoms with van der Waals surface area (Å²) in [6.45, 7) is 5.42. The molecule has 3 aliphatic rings. The predicted molar refractivity (Wildman–Crippen MR) is 101 cm³/mol. The highest BCUT2D eigenvalue weighted by Gasteiger charge is 2.47. The third-order valence-electron chi connectivity index (χ3n) is 6.63. The molecule has 3 rings (SSSR count). The Morgan fingerprint density at radius 3 is 2.59 bits per heavy atom. The summed E-state index contributed by atoms with van der Waals surface area (Å²) < 4.78 is 5.34. The molecular formula is C20H32N4O3. The number of carbonyl (C=O) groups excluding carboxylic acids is 2. The average molecular weight is 377 g/mol. The Morgan fingerprint density at radius 2 is 2.00 bits per heavy atom. The molecule has 2 N–H and O–H groups in total. The van der Waals surface area contributed by atoms with E-state index < -0.39 is 11.0 Å². The molecule has 0 bridgehead atoms. The number of nitrogens with one attached hydrogen (secondary N) is 2. The summed E-state index contributed by atoms with van der Waals surface area (Å²) in [5, 5.41) is 15.8. The van der Waals surface area contributed by atoms with Crippen molar-refractivity contribution in [1.29, 1.82) is 5.26 Å². The van der Waals surface area contributed by atoms with Crippen LogP contribution in [0.1, 0.15) is 51.9 Å². The van der Waals surface area contributed by atoms with Crippen LogP contribution >= 0.6 is 0 Å². The number of hydrogen-bond donors (Lipinski definition) is 2. The third kappa shape index (κ3) is 4.44. The van der Waals surface area contributed by atoms with Crippen LogP contribution < -0.4 is 10.6 Å². The molecule has 2 aliphatic heterocycles. The van der Waals surface area contributed by atoms with Gasteiger partial charge in [0.15, 0.2) is 0 Å². The van der Waals surface area contributed by atoms with Gasteiger partial charge < -0.3 is 20.3 Å². The molecular weight excluding hydrogens is 344 g/mol. The summed E-state index contributed by atoms with van der Waals surface area (Å²) in [6, 6.07) is 2.29. The molecule has 0 aromatic rings. The quantitative estimate of drug-likeness (QED) is 0.752. The highest BCUT2D eigenvalue weighted by molar-refractivity contribution is 5.89. The summed E-state index contributed by atoms with van der Waals surface area (Å²) in [5.41, 5.74) is -1.63. The van der Waals surface area contributed by atoms with E-state index in [1.165, 1.54) is 6.42 Å². The Kier molecular flexibility index (Phi) is 6.38. The van der Waals surface area contributed by atoms with Crippen LogP contribution in [-0.4, -0.2) is 61.6 Å². The molecule has 2 atom stereocenters. The molecule has 0 radical (unpaired) electrons. The van der Waals surface area contributed by atoms with Gasteiger partial charge in [-0.25, -0.2) is 0 Å². The molecule has 2 saturated heterocycles. The van der Waals surface area contributed by atoms with Crippen LogP contribution in [0, 0.1) is 22.7 Å². The minimum atomic E-state index is -0.852. The maximum atomic E-state index is 13.4. The van der Waals surface area contributed by atoms with E-state index in [0.717, 1.165) is 32.2 Å². The second-order valence-electron chi connectivity index (χ2n) is 8.50. The molecule has 150 valence electrons. The smallest absolute Gasteiger partial charge is 0.228 e. The van der Waals surface area contributed by atoms with Gasteiger partial charge in [-0.15, -0.1) is 0 Å². The van der Waals surface area contributed by atoms with Crippen LogP contribution in [0.15, 0.2) is 0 Å². The van der Waals surface area contributed by atoms with E-state index in [0.29, 0.717) is 39.3 Å². The third-order valence-corrected chi connectivity index (χ3v) is 6.63. The maximum absolute atomic E-state index is 13.4. The van der Waals surface area contributed by atoms with Crippen LogP contribution in [0.3, 0.4) is 0 Å². The van der Waals surface area contributed by atoms with Gasteiger partial charge in [0, 0.05) is 26.1 Å². The Bertz CT molecular complexity index is 585. The first-order valence-electron chi connectivity index (χ1n) is 10.3. The Morgan fingerprint density at radius 1 is 1.30 bits per heavy atom. The van der Waals surface area contributed by atoms with Gasteiger partial charge in [-0.2, -0.15) is 5.26 Å². The van der Waals surface area contributed by atoms with Gasteiger partial charge in [0.1, 0.15) is 5.54 Å². The number of carbonyl (C=O) groups is 2. The van der Waals surface area contributed by atoms with Crippen molar-refractivity contribution in [3.05, 3.63) is 0 Å². The van der Waals surface area contributed by atoms with Crippen LogP contribution in [0.2, 0.25) is 0 Å². The second kappa shape index (κ2) is 8.57. The SMILES string of the molecule is C[C@](CC(=O)N1CCOCC1)(C(=O)N[C@]1(C#N)CCNC1)C1CCCCC1. The molecule has 27 heavy (non-hydrogen) atoms. The average Bonchev–Trinajstić information content (AvgIpc) is 3.18. The Hall–Kier alpha value is -1.65. The molecule has 1 saturated carbocycles. The molecule has 0 spiro atoms. The summed E-state index contributed by atoms with van der Waals surface area (Å²) in [4.78, 5) is 28.2. The van der Waals surface area contributed by atoms with E-state index in [-0.39, 0.29) is 24.2 Å². The standard InChI is InChI=1S/C20H32N4O3/c1-19(16-5-3-2-4-6-16,13-17(25)24-9-11-27-12-10-24)18(26)23-20(14-21)7-8-22-15-20/h16,22H,2-13,15H2,1H3,(H,23,26)/t19-,20+/m1/s1. The monoisotopic (exact) mass is 376 g/mol. The number of amides is 2. The van der Waals surface area contributed by atoms with Crippen molar-refractivity contribution in [3.63, 3.8) is 0 Å². The van der Waals surface area contributed by atoms with E-state index in [1.807, 2.05) is 11.8 Å².